The molecule has 0 spiro atoms. The van der Waals surface area contributed by atoms with Crippen molar-refractivity contribution in [1.82, 2.24) is 14.8 Å². The van der Waals surface area contributed by atoms with Crippen molar-refractivity contribution in [3.05, 3.63) is 48.5 Å². The molecule has 3 rings (SSSR count). The third-order valence-corrected chi connectivity index (χ3v) is 5.01. The summed E-state index contributed by atoms with van der Waals surface area (Å²) >= 11 is 1.45. The number of ether oxygens (including phenoxy) is 3. The van der Waals surface area contributed by atoms with Crippen LogP contribution in [0.4, 0.5) is 0 Å². The highest BCUT2D eigenvalue weighted by Gasteiger charge is 2.17. The first-order chi connectivity index (χ1) is 13.7. The van der Waals surface area contributed by atoms with Crippen LogP contribution in [0.5, 0.6) is 11.5 Å². The van der Waals surface area contributed by atoms with Crippen LogP contribution in [0.1, 0.15) is 6.42 Å². The monoisotopic (exact) mass is 399 g/mol. The number of carbonyl (C=O) groups is 1. The fourth-order valence-corrected chi connectivity index (χ4v) is 3.45. The molecule has 2 aromatic carbocycles. The van der Waals surface area contributed by atoms with E-state index in [2.05, 4.69) is 10.2 Å². The summed E-state index contributed by atoms with van der Waals surface area (Å²) < 4.78 is 17.1. The van der Waals surface area contributed by atoms with E-state index in [1.54, 1.807) is 14.2 Å². The minimum absolute atomic E-state index is 0.251. The van der Waals surface area contributed by atoms with Crippen LogP contribution in [0, 0.1) is 0 Å². The van der Waals surface area contributed by atoms with E-state index in [0.717, 1.165) is 22.7 Å². The molecule has 0 fully saturated rings. The van der Waals surface area contributed by atoms with Crippen molar-refractivity contribution < 1.29 is 19.0 Å². The number of carbonyl (C=O) groups excluding carboxylic acids is 1. The van der Waals surface area contributed by atoms with Crippen molar-refractivity contribution in [3.8, 4) is 28.6 Å². The lowest BCUT2D eigenvalue weighted by Crippen LogP contribution is -2.03. The minimum Gasteiger partial charge on any atom is -0.497 e. The van der Waals surface area contributed by atoms with Crippen molar-refractivity contribution >= 4 is 17.7 Å². The highest BCUT2D eigenvalue weighted by Crippen LogP contribution is 2.30. The van der Waals surface area contributed by atoms with Crippen molar-refractivity contribution in [2.75, 3.05) is 27.1 Å². The van der Waals surface area contributed by atoms with E-state index in [9.17, 15) is 4.79 Å². The lowest BCUT2D eigenvalue weighted by Gasteiger charge is -2.11. The number of benzene rings is 2. The number of methoxy groups -OCH3 is 3. The second kappa shape index (κ2) is 9.27. The normalized spacial score (nSPS) is 10.5. The van der Waals surface area contributed by atoms with E-state index in [0.29, 0.717) is 23.2 Å². The first kappa shape index (κ1) is 19.8. The Morgan fingerprint density at radius 1 is 0.929 bits per heavy atom. The Hall–Kier alpha value is -3.00. The number of thioether (sulfide) groups is 1. The van der Waals surface area contributed by atoms with Crippen LogP contribution in [0.15, 0.2) is 53.7 Å². The molecule has 0 amide bonds. The first-order valence-electron chi connectivity index (χ1n) is 8.60. The Morgan fingerprint density at radius 3 is 2.11 bits per heavy atom. The van der Waals surface area contributed by atoms with Gasteiger partial charge >= 0.3 is 5.97 Å². The molecular weight excluding hydrogens is 378 g/mol. The number of esters is 1. The summed E-state index contributed by atoms with van der Waals surface area (Å²) in [6.45, 7) is 0. The van der Waals surface area contributed by atoms with Gasteiger partial charge in [0.15, 0.2) is 11.0 Å². The number of hydrogen-bond acceptors (Lipinski definition) is 7. The summed E-state index contributed by atoms with van der Waals surface area (Å²) in [5, 5.41) is 9.42. The molecule has 0 radical (unpaired) electrons. The number of aromatic nitrogens is 3. The third kappa shape index (κ3) is 4.45. The maximum Gasteiger partial charge on any atom is 0.306 e. The molecule has 1 heterocycles. The molecule has 1 aromatic heterocycles. The molecule has 7 nitrogen and oxygen atoms in total. The number of rotatable bonds is 8. The fraction of sp³-hybridized carbons (Fsp3) is 0.250. The number of hydrogen-bond donors (Lipinski definition) is 0. The zero-order valence-corrected chi connectivity index (χ0v) is 16.7. The Morgan fingerprint density at radius 2 is 1.54 bits per heavy atom. The Labute approximate surface area is 167 Å². The highest BCUT2D eigenvalue weighted by atomic mass is 32.2. The lowest BCUT2D eigenvalue weighted by molar-refractivity contribution is -0.140. The van der Waals surface area contributed by atoms with E-state index in [1.165, 1.54) is 18.9 Å². The predicted octanol–water partition coefficient (Wildman–Crippen LogP) is 3.61. The van der Waals surface area contributed by atoms with Crippen LogP contribution in [0.2, 0.25) is 0 Å². The quantitative estimate of drug-likeness (QED) is 0.423. The maximum absolute atomic E-state index is 11.4. The van der Waals surface area contributed by atoms with E-state index in [1.807, 2.05) is 53.1 Å². The molecule has 3 aromatic rings. The summed E-state index contributed by atoms with van der Waals surface area (Å²) in [5.74, 6) is 2.53. The molecule has 0 bridgehead atoms. The second-order valence-corrected chi connectivity index (χ2v) is 6.80. The van der Waals surface area contributed by atoms with Crippen molar-refractivity contribution in [3.63, 3.8) is 0 Å². The largest absolute Gasteiger partial charge is 0.497 e. The molecule has 0 saturated heterocycles. The molecule has 146 valence electrons. The molecule has 0 saturated carbocycles. The van der Waals surface area contributed by atoms with Gasteiger partial charge in [-0.25, -0.2) is 0 Å². The molecule has 0 aliphatic carbocycles. The molecule has 0 N–H and O–H groups in total. The Balaban J connectivity index is 1.97. The van der Waals surface area contributed by atoms with Gasteiger partial charge in [-0.1, -0.05) is 11.8 Å². The van der Waals surface area contributed by atoms with Gasteiger partial charge < -0.3 is 14.2 Å². The van der Waals surface area contributed by atoms with Gasteiger partial charge in [0.2, 0.25) is 0 Å². The van der Waals surface area contributed by atoms with Gasteiger partial charge in [0.25, 0.3) is 0 Å². The van der Waals surface area contributed by atoms with Crippen LogP contribution in [0.25, 0.3) is 17.1 Å². The van der Waals surface area contributed by atoms with E-state index >= 15 is 0 Å². The average molecular weight is 399 g/mol. The Bertz CT molecular complexity index is 924. The first-order valence-corrected chi connectivity index (χ1v) is 9.58. The smallest absolute Gasteiger partial charge is 0.306 e. The zero-order chi connectivity index (χ0) is 19.9. The highest BCUT2D eigenvalue weighted by molar-refractivity contribution is 7.99. The van der Waals surface area contributed by atoms with E-state index < -0.39 is 0 Å². The molecular formula is C20H21N3O4S. The molecule has 0 aliphatic heterocycles. The van der Waals surface area contributed by atoms with Gasteiger partial charge in [-0.3, -0.25) is 9.36 Å². The van der Waals surface area contributed by atoms with Crippen molar-refractivity contribution in [2.24, 2.45) is 0 Å². The minimum atomic E-state index is -0.251. The zero-order valence-electron chi connectivity index (χ0n) is 15.9. The summed E-state index contributed by atoms with van der Waals surface area (Å²) in [5.41, 5.74) is 1.81. The van der Waals surface area contributed by atoms with Gasteiger partial charge in [-0.05, 0) is 48.5 Å². The molecule has 0 atom stereocenters. The van der Waals surface area contributed by atoms with Gasteiger partial charge in [0.1, 0.15) is 11.5 Å². The summed E-state index contributed by atoms with van der Waals surface area (Å²) in [6.07, 6.45) is 0.300. The van der Waals surface area contributed by atoms with Crippen LogP contribution < -0.4 is 9.47 Å². The van der Waals surface area contributed by atoms with Crippen molar-refractivity contribution in [1.29, 1.82) is 0 Å². The van der Waals surface area contributed by atoms with Crippen LogP contribution in [-0.2, 0) is 9.53 Å². The van der Waals surface area contributed by atoms with E-state index in [-0.39, 0.29) is 5.97 Å². The molecule has 0 aliphatic rings. The second-order valence-electron chi connectivity index (χ2n) is 5.74. The van der Waals surface area contributed by atoms with E-state index in [4.69, 9.17) is 14.2 Å². The number of nitrogens with zero attached hydrogens (tertiary/aromatic N) is 3. The van der Waals surface area contributed by atoms with Crippen LogP contribution in [-0.4, -0.2) is 47.8 Å². The van der Waals surface area contributed by atoms with Gasteiger partial charge in [-0.2, -0.15) is 0 Å². The molecule has 8 heteroatoms. The van der Waals surface area contributed by atoms with Gasteiger partial charge in [-0.15, -0.1) is 10.2 Å². The van der Waals surface area contributed by atoms with Crippen LogP contribution in [0.3, 0.4) is 0 Å². The van der Waals surface area contributed by atoms with Gasteiger partial charge in [0, 0.05) is 17.0 Å². The Kier molecular flexibility index (Phi) is 6.54. The maximum atomic E-state index is 11.4. The predicted molar refractivity (Wildman–Crippen MR) is 107 cm³/mol. The molecule has 0 unspecified atom stereocenters. The molecule has 28 heavy (non-hydrogen) atoms. The topological polar surface area (TPSA) is 75.5 Å². The SMILES string of the molecule is COC(=O)CCSc1nnc(-c2ccc(OC)cc2)n1-c1ccc(OC)cc1. The van der Waals surface area contributed by atoms with Crippen molar-refractivity contribution in [2.45, 2.75) is 11.6 Å². The van der Waals surface area contributed by atoms with Gasteiger partial charge in [0.05, 0.1) is 27.8 Å². The summed E-state index contributed by atoms with van der Waals surface area (Å²) in [4.78, 5) is 11.4. The lowest BCUT2D eigenvalue weighted by atomic mass is 10.2. The van der Waals surface area contributed by atoms with Crippen LogP contribution >= 0.6 is 11.8 Å². The average Bonchev–Trinajstić information content (AvgIpc) is 3.17. The standard InChI is InChI=1S/C20H21N3O4S/c1-25-16-8-4-14(5-9-16)19-21-22-20(28-13-12-18(24)27-3)23(19)15-6-10-17(26-2)11-7-15/h4-11H,12-13H2,1-3H3. The summed E-state index contributed by atoms with van der Waals surface area (Å²) in [6, 6.07) is 15.3. The fourth-order valence-electron chi connectivity index (χ4n) is 2.58. The summed E-state index contributed by atoms with van der Waals surface area (Å²) in [7, 11) is 4.64. The third-order valence-electron chi connectivity index (χ3n) is 4.08.